The summed E-state index contributed by atoms with van der Waals surface area (Å²) in [5.41, 5.74) is 2.75. The maximum Gasteiger partial charge on any atom is 0.308 e. The molecular formula is C12H15N3O2. The van der Waals surface area contributed by atoms with E-state index in [0.29, 0.717) is 13.0 Å². The highest BCUT2D eigenvalue weighted by atomic mass is 16.4. The second-order valence-corrected chi connectivity index (χ2v) is 3.96. The predicted molar refractivity (Wildman–Crippen MR) is 66.0 cm³/mol. The second kappa shape index (κ2) is 4.86. The van der Waals surface area contributed by atoms with Gasteiger partial charge in [0.15, 0.2) is 0 Å². The van der Waals surface area contributed by atoms with Crippen molar-refractivity contribution >= 4 is 22.7 Å². The van der Waals surface area contributed by atoms with E-state index < -0.39 is 5.97 Å². The molecule has 1 aromatic carbocycles. The van der Waals surface area contributed by atoms with E-state index in [4.69, 9.17) is 5.11 Å². The fourth-order valence-electron chi connectivity index (χ4n) is 1.69. The van der Waals surface area contributed by atoms with Crippen LogP contribution in [0.4, 0.5) is 5.69 Å². The molecule has 1 aromatic heterocycles. The molecule has 0 aliphatic carbocycles. The quantitative estimate of drug-likeness (QED) is 0.738. The maximum absolute atomic E-state index is 10.9. The third kappa shape index (κ3) is 2.55. The number of imidazole rings is 1. The smallest absolute Gasteiger partial charge is 0.308 e. The van der Waals surface area contributed by atoms with Crippen LogP contribution >= 0.6 is 0 Å². The molecule has 0 aliphatic rings. The lowest BCUT2D eigenvalue weighted by Gasteiger charge is -2.11. The van der Waals surface area contributed by atoms with Crippen molar-refractivity contribution < 1.29 is 9.90 Å². The molecule has 90 valence electrons. The summed E-state index contributed by atoms with van der Waals surface area (Å²) < 4.78 is 0. The van der Waals surface area contributed by atoms with E-state index in [-0.39, 0.29) is 5.92 Å². The Kier molecular flexibility index (Phi) is 3.27. The number of carboxylic acid groups (broad SMARTS) is 1. The van der Waals surface area contributed by atoms with Gasteiger partial charge < -0.3 is 15.4 Å². The van der Waals surface area contributed by atoms with Crippen molar-refractivity contribution in [3.63, 3.8) is 0 Å². The maximum atomic E-state index is 10.9. The van der Waals surface area contributed by atoms with Gasteiger partial charge in [0.05, 0.1) is 23.3 Å². The van der Waals surface area contributed by atoms with E-state index in [2.05, 4.69) is 15.3 Å². The Morgan fingerprint density at radius 3 is 3.12 bits per heavy atom. The number of fused-ring (bicyclic) bond motifs is 1. The van der Waals surface area contributed by atoms with E-state index >= 15 is 0 Å². The van der Waals surface area contributed by atoms with Gasteiger partial charge in [0.1, 0.15) is 0 Å². The molecule has 1 unspecified atom stereocenters. The molecule has 0 radical (unpaired) electrons. The average Bonchev–Trinajstić information content (AvgIpc) is 2.76. The molecule has 0 aliphatic heterocycles. The first-order chi connectivity index (χ1) is 8.20. The van der Waals surface area contributed by atoms with Gasteiger partial charge in [-0.05, 0) is 24.6 Å². The van der Waals surface area contributed by atoms with Gasteiger partial charge in [0, 0.05) is 12.2 Å². The average molecular weight is 233 g/mol. The third-order valence-corrected chi connectivity index (χ3v) is 2.81. The Morgan fingerprint density at radius 1 is 1.59 bits per heavy atom. The Morgan fingerprint density at radius 2 is 2.41 bits per heavy atom. The first-order valence-corrected chi connectivity index (χ1v) is 5.60. The molecule has 3 N–H and O–H groups in total. The van der Waals surface area contributed by atoms with Crippen LogP contribution in [0.2, 0.25) is 0 Å². The molecule has 5 heteroatoms. The molecule has 2 aromatic rings. The molecule has 0 bridgehead atoms. The number of aromatic nitrogens is 2. The van der Waals surface area contributed by atoms with E-state index in [9.17, 15) is 4.79 Å². The first-order valence-electron chi connectivity index (χ1n) is 5.60. The highest BCUT2D eigenvalue weighted by Gasteiger charge is 2.14. The Hall–Kier alpha value is -2.04. The number of anilines is 1. The van der Waals surface area contributed by atoms with Crippen LogP contribution in [0.15, 0.2) is 24.5 Å². The van der Waals surface area contributed by atoms with Gasteiger partial charge in [-0.1, -0.05) is 6.92 Å². The van der Waals surface area contributed by atoms with Crippen LogP contribution in [0.3, 0.4) is 0 Å². The van der Waals surface area contributed by atoms with E-state index in [0.717, 1.165) is 16.7 Å². The Balaban J connectivity index is 2.05. The SMILES string of the molecule is CCC(CNc1ccc2nc[nH]c2c1)C(=O)O. The van der Waals surface area contributed by atoms with Crippen LogP contribution in [0.1, 0.15) is 13.3 Å². The number of hydrogen-bond donors (Lipinski definition) is 3. The molecule has 0 saturated heterocycles. The van der Waals surface area contributed by atoms with Gasteiger partial charge >= 0.3 is 5.97 Å². The lowest BCUT2D eigenvalue weighted by Crippen LogP contribution is -2.21. The molecular weight excluding hydrogens is 218 g/mol. The molecule has 1 heterocycles. The van der Waals surface area contributed by atoms with E-state index in [1.807, 2.05) is 25.1 Å². The van der Waals surface area contributed by atoms with Gasteiger partial charge in [-0.3, -0.25) is 4.79 Å². The number of nitrogens with zero attached hydrogens (tertiary/aromatic N) is 1. The third-order valence-electron chi connectivity index (χ3n) is 2.81. The normalized spacial score (nSPS) is 12.5. The summed E-state index contributed by atoms with van der Waals surface area (Å²) in [6.07, 6.45) is 2.26. The fraction of sp³-hybridized carbons (Fsp3) is 0.333. The molecule has 0 spiro atoms. The van der Waals surface area contributed by atoms with E-state index in [1.54, 1.807) is 6.33 Å². The molecule has 5 nitrogen and oxygen atoms in total. The molecule has 2 rings (SSSR count). The number of rotatable bonds is 5. The molecule has 0 fully saturated rings. The number of H-pyrrole nitrogens is 1. The monoisotopic (exact) mass is 233 g/mol. The largest absolute Gasteiger partial charge is 0.481 e. The van der Waals surface area contributed by atoms with Crippen molar-refractivity contribution in [1.29, 1.82) is 0 Å². The van der Waals surface area contributed by atoms with Gasteiger partial charge in [0.25, 0.3) is 0 Å². The van der Waals surface area contributed by atoms with Crippen molar-refractivity contribution in [2.24, 2.45) is 5.92 Å². The number of hydrogen-bond acceptors (Lipinski definition) is 3. The summed E-state index contributed by atoms with van der Waals surface area (Å²) in [6.45, 7) is 2.31. The highest BCUT2D eigenvalue weighted by Crippen LogP contribution is 2.16. The minimum Gasteiger partial charge on any atom is -0.481 e. The Labute approximate surface area is 98.9 Å². The Bertz CT molecular complexity index is 521. The zero-order chi connectivity index (χ0) is 12.3. The zero-order valence-corrected chi connectivity index (χ0v) is 9.60. The summed E-state index contributed by atoms with van der Waals surface area (Å²) in [7, 11) is 0. The van der Waals surface area contributed by atoms with Gasteiger partial charge in [-0.2, -0.15) is 0 Å². The number of aliphatic carboxylic acids is 1. The summed E-state index contributed by atoms with van der Waals surface area (Å²) in [4.78, 5) is 18.0. The van der Waals surface area contributed by atoms with Crippen LogP contribution in [0.5, 0.6) is 0 Å². The topological polar surface area (TPSA) is 78.0 Å². The van der Waals surface area contributed by atoms with Crippen LogP contribution in [0, 0.1) is 5.92 Å². The lowest BCUT2D eigenvalue weighted by molar-refractivity contribution is -0.141. The number of nitrogens with one attached hydrogen (secondary N) is 2. The van der Waals surface area contributed by atoms with Crippen molar-refractivity contribution in [3.05, 3.63) is 24.5 Å². The van der Waals surface area contributed by atoms with Crippen molar-refractivity contribution in [3.8, 4) is 0 Å². The predicted octanol–water partition coefficient (Wildman–Crippen LogP) is 2.09. The number of benzene rings is 1. The second-order valence-electron chi connectivity index (χ2n) is 3.96. The minimum atomic E-state index is -0.761. The summed E-state index contributed by atoms with van der Waals surface area (Å²) >= 11 is 0. The van der Waals surface area contributed by atoms with Gasteiger partial charge in [0.2, 0.25) is 0 Å². The van der Waals surface area contributed by atoms with Crippen LogP contribution in [0.25, 0.3) is 11.0 Å². The number of carbonyl (C=O) groups is 1. The first kappa shape index (κ1) is 11.4. The molecule has 1 atom stereocenters. The van der Waals surface area contributed by atoms with Crippen molar-refractivity contribution in [2.45, 2.75) is 13.3 Å². The molecule has 0 saturated carbocycles. The summed E-state index contributed by atoms with van der Waals surface area (Å²) in [5, 5.41) is 12.1. The van der Waals surface area contributed by atoms with E-state index in [1.165, 1.54) is 0 Å². The number of carboxylic acids is 1. The van der Waals surface area contributed by atoms with Crippen LogP contribution in [-0.2, 0) is 4.79 Å². The highest BCUT2D eigenvalue weighted by molar-refractivity contribution is 5.79. The van der Waals surface area contributed by atoms with Crippen molar-refractivity contribution in [2.75, 3.05) is 11.9 Å². The summed E-state index contributed by atoms with van der Waals surface area (Å²) in [5.74, 6) is -1.12. The van der Waals surface area contributed by atoms with Gasteiger partial charge in [-0.25, -0.2) is 4.98 Å². The van der Waals surface area contributed by atoms with Crippen molar-refractivity contribution in [1.82, 2.24) is 9.97 Å². The summed E-state index contributed by atoms with van der Waals surface area (Å²) in [6, 6.07) is 5.73. The van der Waals surface area contributed by atoms with Crippen LogP contribution < -0.4 is 5.32 Å². The molecule has 17 heavy (non-hydrogen) atoms. The zero-order valence-electron chi connectivity index (χ0n) is 9.60. The minimum absolute atomic E-state index is 0.354. The molecule has 0 amide bonds. The number of aromatic amines is 1. The lowest BCUT2D eigenvalue weighted by atomic mass is 10.1. The van der Waals surface area contributed by atoms with Gasteiger partial charge in [-0.15, -0.1) is 0 Å². The standard InChI is InChI=1S/C12H15N3O2/c1-2-8(12(16)17)6-13-9-3-4-10-11(5-9)15-7-14-10/h3-5,7-8,13H,2,6H2,1H3,(H,14,15)(H,16,17). The fourth-order valence-corrected chi connectivity index (χ4v) is 1.69. The van der Waals surface area contributed by atoms with Crippen LogP contribution in [-0.4, -0.2) is 27.6 Å².